The van der Waals surface area contributed by atoms with E-state index in [1.807, 2.05) is 19.9 Å². The molecule has 0 radical (unpaired) electrons. The van der Waals surface area contributed by atoms with Gasteiger partial charge in [0.2, 0.25) is 0 Å². The van der Waals surface area contributed by atoms with E-state index in [-0.39, 0.29) is 0 Å². The first-order chi connectivity index (χ1) is 7.27. The van der Waals surface area contributed by atoms with E-state index in [2.05, 4.69) is 20.7 Å². The average Bonchev–Trinajstić information content (AvgIpc) is 2.82. The summed E-state index contributed by atoms with van der Waals surface area (Å²) in [6, 6.07) is 1.94. The van der Waals surface area contributed by atoms with Crippen LogP contribution in [0.2, 0.25) is 0 Å². The first kappa shape index (κ1) is 9.92. The van der Waals surface area contributed by atoms with Crippen molar-refractivity contribution in [2.24, 2.45) is 0 Å². The van der Waals surface area contributed by atoms with Gasteiger partial charge in [-0.25, -0.2) is 0 Å². The van der Waals surface area contributed by atoms with E-state index in [4.69, 9.17) is 4.52 Å². The van der Waals surface area contributed by atoms with Crippen LogP contribution in [0.3, 0.4) is 0 Å². The van der Waals surface area contributed by atoms with Gasteiger partial charge in [-0.05, 0) is 19.9 Å². The SMILES string of the molecule is Cc1noc(C)c1CNCc1ccn[nH]1. The highest BCUT2D eigenvalue weighted by Crippen LogP contribution is 2.11. The third-order valence-electron chi connectivity index (χ3n) is 2.36. The molecule has 5 heteroatoms. The molecule has 0 aliphatic heterocycles. The van der Waals surface area contributed by atoms with Crippen molar-refractivity contribution in [3.8, 4) is 0 Å². The minimum absolute atomic E-state index is 0.764. The molecule has 0 saturated heterocycles. The topological polar surface area (TPSA) is 66.7 Å². The molecule has 0 unspecified atom stereocenters. The maximum Gasteiger partial charge on any atom is 0.138 e. The van der Waals surface area contributed by atoms with Crippen molar-refractivity contribution in [3.63, 3.8) is 0 Å². The maximum atomic E-state index is 5.07. The number of nitrogens with zero attached hydrogens (tertiary/aromatic N) is 2. The molecular weight excluding hydrogens is 192 g/mol. The Hall–Kier alpha value is -1.62. The highest BCUT2D eigenvalue weighted by molar-refractivity contribution is 5.20. The minimum Gasteiger partial charge on any atom is -0.361 e. The van der Waals surface area contributed by atoms with Crippen LogP contribution >= 0.6 is 0 Å². The number of hydrogen-bond donors (Lipinski definition) is 2. The summed E-state index contributed by atoms with van der Waals surface area (Å²) in [7, 11) is 0. The van der Waals surface area contributed by atoms with Gasteiger partial charge in [0.25, 0.3) is 0 Å². The molecule has 0 atom stereocenters. The lowest BCUT2D eigenvalue weighted by molar-refractivity contribution is 0.392. The van der Waals surface area contributed by atoms with E-state index < -0.39 is 0 Å². The Labute approximate surface area is 87.9 Å². The van der Waals surface area contributed by atoms with Crippen LogP contribution in [-0.2, 0) is 13.1 Å². The van der Waals surface area contributed by atoms with E-state index in [0.29, 0.717) is 0 Å². The number of aromatic amines is 1. The molecule has 2 heterocycles. The Morgan fingerprint density at radius 1 is 1.40 bits per heavy atom. The van der Waals surface area contributed by atoms with Crippen molar-refractivity contribution in [1.82, 2.24) is 20.7 Å². The molecule has 0 saturated carbocycles. The third-order valence-corrected chi connectivity index (χ3v) is 2.36. The van der Waals surface area contributed by atoms with Crippen molar-refractivity contribution in [3.05, 3.63) is 35.0 Å². The minimum atomic E-state index is 0.764. The van der Waals surface area contributed by atoms with E-state index in [9.17, 15) is 0 Å². The lowest BCUT2D eigenvalue weighted by Gasteiger charge is -2.01. The standard InChI is InChI=1S/C10H14N4O/c1-7-10(8(2)15-14-7)6-11-5-9-3-4-12-13-9/h3-4,11H,5-6H2,1-2H3,(H,12,13). The molecule has 0 amide bonds. The fraction of sp³-hybridized carbons (Fsp3) is 0.400. The molecule has 2 aromatic rings. The number of rotatable bonds is 4. The normalized spacial score (nSPS) is 10.8. The number of hydrogen-bond acceptors (Lipinski definition) is 4. The summed E-state index contributed by atoms with van der Waals surface area (Å²) in [5, 5.41) is 14.0. The second-order valence-corrected chi connectivity index (χ2v) is 3.49. The van der Waals surface area contributed by atoms with Crippen LogP contribution < -0.4 is 5.32 Å². The zero-order valence-corrected chi connectivity index (χ0v) is 8.87. The van der Waals surface area contributed by atoms with Crippen molar-refractivity contribution in [2.45, 2.75) is 26.9 Å². The molecule has 0 aliphatic rings. The van der Waals surface area contributed by atoms with Crippen LogP contribution in [0.1, 0.15) is 22.7 Å². The Kier molecular flexibility index (Phi) is 2.82. The first-order valence-corrected chi connectivity index (χ1v) is 4.88. The average molecular weight is 206 g/mol. The summed E-state index contributed by atoms with van der Waals surface area (Å²) < 4.78 is 5.07. The van der Waals surface area contributed by atoms with Crippen molar-refractivity contribution < 1.29 is 4.52 Å². The molecule has 0 aromatic carbocycles. The first-order valence-electron chi connectivity index (χ1n) is 4.88. The van der Waals surface area contributed by atoms with E-state index in [0.717, 1.165) is 35.8 Å². The largest absolute Gasteiger partial charge is 0.361 e. The van der Waals surface area contributed by atoms with E-state index in [1.54, 1.807) is 6.20 Å². The van der Waals surface area contributed by atoms with Gasteiger partial charge in [0.05, 0.1) is 5.69 Å². The predicted molar refractivity (Wildman–Crippen MR) is 55.1 cm³/mol. The van der Waals surface area contributed by atoms with Crippen LogP contribution in [0, 0.1) is 13.8 Å². The Morgan fingerprint density at radius 2 is 2.27 bits per heavy atom. The summed E-state index contributed by atoms with van der Waals surface area (Å²) in [6.45, 7) is 5.40. The maximum absolute atomic E-state index is 5.07. The van der Waals surface area contributed by atoms with E-state index >= 15 is 0 Å². The lowest BCUT2D eigenvalue weighted by atomic mass is 10.2. The van der Waals surface area contributed by atoms with Crippen molar-refractivity contribution in [2.75, 3.05) is 0 Å². The summed E-state index contributed by atoms with van der Waals surface area (Å²) in [6.07, 6.45) is 1.74. The summed E-state index contributed by atoms with van der Waals surface area (Å²) in [5.74, 6) is 0.879. The van der Waals surface area contributed by atoms with Crippen LogP contribution in [0.4, 0.5) is 0 Å². The molecule has 0 spiro atoms. The molecule has 2 N–H and O–H groups in total. The van der Waals surface area contributed by atoms with Gasteiger partial charge in [0.15, 0.2) is 0 Å². The van der Waals surface area contributed by atoms with Crippen LogP contribution in [0.5, 0.6) is 0 Å². The summed E-state index contributed by atoms with van der Waals surface area (Å²) in [5.41, 5.74) is 3.15. The highest BCUT2D eigenvalue weighted by Gasteiger charge is 2.07. The van der Waals surface area contributed by atoms with Crippen LogP contribution in [0.25, 0.3) is 0 Å². The van der Waals surface area contributed by atoms with Crippen LogP contribution in [-0.4, -0.2) is 15.4 Å². The fourth-order valence-electron chi connectivity index (χ4n) is 1.46. The zero-order chi connectivity index (χ0) is 10.7. The summed E-state index contributed by atoms with van der Waals surface area (Å²) in [4.78, 5) is 0. The Balaban J connectivity index is 1.89. The van der Waals surface area contributed by atoms with Gasteiger partial charge < -0.3 is 9.84 Å². The van der Waals surface area contributed by atoms with Gasteiger partial charge >= 0.3 is 0 Å². The third kappa shape index (κ3) is 2.24. The number of aromatic nitrogens is 3. The molecule has 0 fully saturated rings. The van der Waals surface area contributed by atoms with Gasteiger partial charge in [-0.3, -0.25) is 5.10 Å². The van der Waals surface area contributed by atoms with Gasteiger partial charge in [-0.1, -0.05) is 5.16 Å². The van der Waals surface area contributed by atoms with Crippen molar-refractivity contribution >= 4 is 0 Å². The molecule has 2 aromatic heterocycles. The van der Waals surface area contributed by atoms with E-state index in [1.165, 1.54) is 0 Å². The molecule has 80 valence electrons. The van der Waals surface area contributed by atoms with Crippen LogP contribution in [0.15, 0.2) is 16.8 Å². The van der Waals surface area contributed by atoms with Crippen molar-refractivity contribution in [1.29, 1.82) is 0 Å². The summed E-state index contributed by atoms with van der Waals surface area (Å²) >= 11 is 0. The Bertz CT molecular complexity index is 399. The smallest absolute Gasteiger partial charge is 0.138 e. The van der Waals surface area contributed by atoms with Gasteiger partial charge in [-0.15, -0.1) is 0 Å². The van der Waals surface area contributed by atoms with Gasteiger partial charge in [0, 0.05) is 30.5 Å². The quantitative estimate of drug-likeness (QED) is 0.791. The Morgan fingerprint density at radius 3 is 2.87 bits per heavy atom. The van der Waals surface area contributed by atoms with Gasteiger partial charge in [0.1, 0.15) is 5.76 Å². The lowest BCUT2D eigenvalue weighted by Crippen LogP contribution is -2.13. The second kappa shape index (κ2) is 4.27. The van der Waals surface area contributed by atoms with Gasteiger partial charge in [-0.2, -0.15) is 5.10 Å². The highest BCUT2D eigenvalue weighted by atomic mass is 16.5. The molecule has 15 heavy (non-hydrogen) atoms. The predicted octanol–water partition coefficient (Wildman–Crippen LogP) is 1.30. The molecule has 0 aliphatic carbocycles. The zero-order valence-electron chi connectivity index (χ0n) is 8.87. The molecule has 5 nitrogen and oxygen atoms in total. The second-order valence-electron chi connectivity index (χ2n) is 3.49. The molecular formula is C10H14N4O. The number of aryl methyl sites for hydroxylation is 2. The fourth-order valence-corrected chi connectivity index (χ4v) is 1.46. The molecule has 2 rings (SSSR count). The number of nitrogens with one attached hydrogen (secondary N) is 2. The molecule has 0 bridgehead atoms. The monoisotopic (exact) mass is 206 g/mol. The number of H-pyrrole nitrogens is 1.